The smallest absolute Gasteiger partial charge is 0.338 e. The Bertz CT molecular complexity index is 887. The van der Waals surface area contributed by atoms with Crippen molar-refractivity contribution in [2.24, 2.45) is 0 Å². The SMILES string of the molecule is CCOC(=O)c1cc(C(=O)OCC)cc(C(=O)N2CCC[C@@H]2c2nc(C)cs2)c1. The van der Waals surface area contributed by atoms with Gasteiger partial charge in [0.25, 0.3) is 5.91 Å². The molecule has 0 unspecified atom stereocenters. The van der Waals surface area contributed by atoms with E-state index in [0.717, 1.165) is 23.5 Å². The number of benzene rings is 1. The lowest BCUT2D eigenvalue weighted by Crippen LogP contribution is -2.31. The summed E-state index contributed by atoms with van der Waals surface area (Å²) in [6.07, 6.45) is 1.71. The standard InChI is InChI=1S/C21H24N2O5S/c1-4-27-20(25)15-9-14(10-16(11-15)21(26)28-5-2)19(24)23-8-6-7-17(23)18-22-13(3)12-29-18/h9-12,17H,4-8H2,1-3H3/t17-/m1/s1. The number of nitrogens with zero attached hydrogens (tertiary/aromatic N) is 2. The van der Waals surface area contributed by atoms with Crippen LogP contribution in [-0.4, -0.2) is 47.5 Å². The van der Waals surface area contributed by atoms with Crippen molar-refractivity contribution in [1.29, 1.82) is 0 Å². The van der Waals surface area contributed by atoms with E-state index in [4.69, 9.17) is 9.47 Å². The third-order valence-corrected chi connectivity index (χ3v) is 5.70. The van der Waals surface area contributed by atoms with Crippen LogP contribution in [0.15, 0.2) is 23.6 Å². The molecule has 0 saturated carbocycles. The summed E-state index contributed by atoms with van der Waals surface area (Å²) in [5, 5.41) is 2.87. The molecular formula is C21H24N2O5S. The van der Waals surface area contributed by atoms with E-state index >= 15 is 0 Å². The highest BCUT2D eigenvalue weighted by Gasteiger charge is 2.33. The Hall–Kier alpha value is -2.74. The third kappa shape index (κ3) is 4.64. The van der Waals surface area contributed by atoms with Gasteiger partial charge in [-0.25, -0.2) is 14.6 Å². The van der Waals surface area contributed by atoms with Crippen molar-refractivity contribution >= 4 is 29.2 Å². The largest absolute Gasteiger partial charge is 0.462 e. The Morgan fingerprint density at radius 1 is 1.07 bits per heavy atom. The van der Waals surface area contributed by atoms with Gasteiger partial charge in [-0.05, 0) is 51.8 Å². The van der Waals surface area contributed by atoms with Crippen LogP contribution in [0, 0.1) is 6.92 Å². The summed E-state index contributed by atoms with van der Waals surface area (Å²) >= 11 is 1.54. The number of ether oxygens (including phenoxy) is 2. The zero-order valence-electron chi connectivity index (χ0n) is 16.8. The molecule has 1 aromatic carbocycles. The molecule has 0 aliphatic carbocycles. The van der Waals surface area contributed by atoms with E-state index < -0.39 is 11.9 Å². The number of amides is 1. The zero-order valence-corrected chi connectivity index (χ0v) is 17.6. The van der Waals surface area contributed by atoms with Crippen molar-refractivity contribution in [3.63, 3.8) is 0 Å². The molecule has 1 aliphatic heterocycles. The van der Waals surface area contributed by atoms with E-state index in [9.17, 15) is 14.4 Å². The zero-order chi connectivity index (χ0) is 21.0. The van der Waals surface area contributed by atoms with E-state index in [0.29, 0.717) is 6.54 Å². The molecule has 8 heteroatoms. The van der Waals surface area contributed by atoms with E-state index in [1.165, 1.54) is 29.5 Å². The number of hydrogen-bond acceptors (Lipinski definition) is 7. The quantitative estimate of drug-likeness (QED) is 0.666. The molecule has 0 radical (unpaired) electrons. The minimum atomic E-state index is -0.582. The summed E-state index contributed by atoms with van der Waals surface area (Å²) in [6.45, 7) is 6.32. The highest BCUT2D eigenvalue weighted by Crippen LogP contribution is 2.35. The number of carbonyl (C=O) groups is 3. The summed E-state index contributed by atoms with van der Waals surface area (Å²) < 4.78 is 10.1. The number of carbonyl (C=O) groups excluding carboxylic acids is 3. The topological polar surface area (TPSA) is 85.8 Å². The summed E-state index contributed by atoms with van der Waals surface area (Å²) in [5.74, 6) is -1.40. The fourth-order valence-corrected chi connectivity index (χ4v) is 4.32. The van der Waals surface area contributed by atoms with Crippen LogP contribution in [0.2, 0.25) is 0 Å². The monoisotopic (exact) mass is 416 g/mol. The highest BCUT2D eigenvalue weighted by atomic mass is 32.1. The van der Waals surface area contributed by atoms with Crippen molar-refractivity contribution in [1.82, 2.24) is 9.88 Å². The van der Waals surface area contributed by atoms with E-state index in [1.807, 2.05) is 12.3 Å². The van der Waals surface area contributed by atoms with Gasteiger partial charge >= 0.3 is 11.9 Å². The van der Waals surface area contributed by atoms with Crippen molar-refractivity contribution < 1.29 is 23.9 Å². The van der Waals surface area contributed by atoms with Crippen molar-refractivity contribution in [2.45, 2.75) is 39.7 Å². The second kappa shape index (κ2) is 9.17. The van der Waals surface area contributed by atoms with Crippen LogP contribution in [0.3, 0.4) is 0 Å². The molecule has 29 heavy (non-hydrogen) atoms. The van der Waals surface area contributed by atoms with Gasteiger partial charge in [0.1, 0.15) is 5.01 Å². The lowest BCUT2D eigenvalue weighted by atomic mass is 10.0. The Balaban J connectivity index is 1.95. The molecule has 2 heterocycles. The molecule has 2 aromatic rings. The van der Waals surface area contributed by atoms with Gasteiger partial charge in [-0.1, -0.05) is 0 Å². The van der Waals surface area contributed by atoms with Gasteiger partial charge in [0, 0.05) is 23.2 Å². The first kappa shape index (κ1) is 21.0. The Morgan fingerprint density at radius 2 is 1.66 bits per heavy atom. The lowest BCUT2D eigenvalue weighted by Gasteiger charge is -2.23. The molecule has 1 aliphatic rings. The first-order chi connectivity index (χ1) is 13.9. The summed E-state index contributed by atoms with van der Waals surface area (Å²) in [4.78, 5) is 44.1. The van der Waals surface area contributed by atoms with E-state index in [2.05, 4.69) is 4.98 Å². The maximum atomic E-state index is 13.3. The third-order valence-electron chi connectivity index (χ3n) is 4.64. The van der Waals surface area contributed by atoms with Gasteiger partial charge < -0.3 is 14.4 Å². The Kier molecular flexibility index (Phi) is 6.64. The number of hydrogen-bond donors (Lipinski definition) is 0. The number of esters is 2. The average Bonchev–Trinajstić information content (AvgIpc) is 3.36. The molecule has 1 fully saturated rings. The maximum Gasteiger partial charge on any atom is 0.338 e. The predicted octanol–water partition coefficient (Wildman–Crippen LogP) is 3.78. The summed E-state index contributed by atoms with van der Waals surface area (Å²) in [6, 6.07) is 4.26. The predicted molar refractivity (Wildman–Crippen MR) is 108 cm³/mol. The minimum absolute atomic E-state index is 0.0986. The second-order valence-electron chi connectivity index (χ2n) is 6.72. The van der Waals surface area contributed by atoms with Crippen LogP contribution in [0.4, 0.5) is 0 Å². The first-order valence-electron chi connectivity index (χ1n) is 9.66. The molecule has 1 atom stereocenters. The van der Waals surface area contributed by atoms with Gasteiger partial charge in [-0.3, -0.25) is 4.79 Å². The van der Waals surface area contributed by atoms with Gasteiger partial charge in [0.05, 0.1) is 30.4 Å². The van der Waals surface area contributed by atoms with Gasteiger partial charge in [-0.15, -0.1) is 11.3 Å². The minimum Gasteiger partial charge on any atom is -0.462 e. The normalized spacial score (nSPS) is 16.0. The molecule has 0 N–H and O–H groups in total. The Labute approximate surface area is 173 Å². The lowest BCUT2D eigenvalue weighted by molar-refractivity contribution is 0.0525. The maximum absolute atomic E-state index is 13.3. The molecule has 0 bridgehead atoms. The van der Waals surface area contributed by atoms with E-state index in [1.54, 1.807) is 18.7 Å². The van der Waals surface area contributed by atoms with Crippen molar-refractivity contribution in [3.8, 4) is 0 Å². The molecule has 1 aromatic heterocycles. The number of rotatable bonds is 6. The average molecular weight is 416 g/mol. The van der Waals surface area contributed by atoms with Crippen molar-refractivity contribution in [3.05, 3.63) is 51.0 Å². The van der Waals surface area contributed by atoms with Crippen LogP contribution < -0.4 is 0 Å². The first-order valence-corrected chi connectivity index (χ1v) is 10.5. The molecule has 1 amide bonds. The van der Waals surface area contributed by atoms with Crippen LogP contribution >= 0.6 is 11.3 Å². The fourth-order valence-electron chi connectivity index (χ4n) is 3.37. The van der Waals surface area contributed by atoms with Crippen LogP contribution in [0.5, 0.6) is 0 Å². The number of aryl methyl sites for hydroxylation is 1. The summed E-state index contributed by atoms with van der Waals surface area (Å²) in [7, 11) is 0. The number of likely N-dealkylation sites (tertiary alicyclic amines) is 1. The van der Waals surface area contributed by atoms with Gasteiger partial charge in [0.15, 0.2) is 0 Å². The second-order valence-corrected chi connectivity index (χ2v) is 7.61. The summed E-state index contributed by atoms with van der Waals surface area (Å²) in [5.41, 5.74) is 1.50. The van der Waals surface area contributed by atoms with Crippen LogP contribution in [-0.2, 0) is 9.47 Å². The molecule has 7 nitrogen and oxygen atoms in total. The van der Waals surface area contributed by atoms with E-state index in [-0.39, 0.29) is 41.9 Å². The number of aromatic nitrogens is 1. The van der Waals surface area contributed by atoms with Crippen LogP contribution in [0.25, 0.3) is 0 Å². The molecule has 3 rings (SSSR count). The van der Waals surface area contributed by atoms with Crippen LogP contribution in [0.1, 0.15) is 74.5 Å². The molecule has 154 valence electrons. The Morgan fingerprint density at radius 3 is 2.17 bits per heavy atom. The van der Waals surface area contributed by atoms with Crippen molar-refractivity contribution in [2.75, 3.05) is 19.8 Å². The van der Waals surface area contributed by atoms with Gasteiger partial charge in [-0.2, -0.15) is 0 Å². The fraction of sp³-hybridized carbons (Fsp3) is 0.429. The number of thiazole rings is 1. The molecular weight excluding hydrogens is 392 g/mol. The molecule has 1 saturated heterocycles. The van der Waals surface area contributed by atoms with Gasteiger partial charge in [0.2, 0.25) is 0 Å². The highest BCUT2D eigenvalue weighted by molar-refractivity contribution is 7.09. The molecule has 0 spiro atoms.